The minimum absolute atomic E-state index is 0.0933. The molecule has 1 aliphatic rings. The van der Waals surface area contributed by atoms with E-state index in [2.05, 4.69) is 20.2 Å². The number of aromatic amines is 1. The van der Waals surface area contributed by atoms with Gasteiger partial charge in [0.05, 0.1) is 11.7 Å². The molecule has 132 valence electrons. The maximum absolute atomic E-state index is 12.8. The standard InChI is InChI=1S/C18H17ClN6O/c19-12-5-3-11(4-6-12)13-10-21-18(20)23-16(13)15-2-1-9-25(15)17(26)14-7-8-22-24-14/h3-8,10,15H,1-2,9H2,(H,22,24)(H2,20,21,23)/t15-/m0/s1. The lowest BCUT2D eigenvalue weighted by Crippen LogP contribution is -2.31. The number of aromatic nitrogens is 4. The van der Waals surface area contributed by atoms with Crippen LogP contribution in [0.2, 0.25) is 5.02 Å². The number of benzene rings is 1. The number of nitrogens with zero attached hydrogens (tertiary/aromatic N) is 4. The van der Waals surface area contributed by atoms with Gasteiger partial charge in [-0.2, -0.15) is 5.10 Å². The van der Waals surface area contributed by atoms with E-state index in [9.17, 15) is 4.79 Å². The molecular weight excluding hydrogens is 352 g/mol. The van der Waals surface area contributed by atoms with Gasteiger partial charge in [-0.25, -0.2) is 9.97 Å². The number of carbonyl (C=O) groups is 1. The van der Waals surface area contributed by atoms with Crippen LogP contribution in [-0.2, 0) is 0 Å². The summed E-state index contributed by atoms with van der Waals surface area (Å²) in [5.74, 6) is 0.0998. The summed E-state index contributed by atoms with van der Waals surface area (Å²) in [7, 11) is 0. The zero-order valence-corrected chi connectivity index (χ0v) is 14.6. The molecule has 1 atom stereocenters. The Hall–Kier alpha value is -2.93. The number of amides is 1. The van der Waals surface area contributed by atoms with Gasteiger partial charge in [-0.1, -0.05) is 23.7 Å². The molecule has 0 spiro atoms. The second-order valence-electron chi connectivity index (χ2n) is 6.16. The van der Waals surface area contributed by atoms with E-state index >= 15 is 0 Å². The quantitative estimate of drug-likeness (QED) is 0.739. The molecule has 2 aromatic heterocycles. The molecule has 0 aliphatic carbocycles. The normalized spacial score (nSPS) is 16.8. The van der Waals surface area contributed by atoms with Gasteiger partial charge < -0.3 is 10.6 Å². The monoisotopic (exact) mass is 368 g/mol. The Morgan fingerprint density at radius 3 is 2.81 bits per heavy atom. The maximum Gasteiger partial charge on any atom is 0.272 e. The summed E-state index contributed by atoms with van der Waals surface area (Å²) in [4.78, 5) is 23.3. The zero-order valence-electron chi connectivity index (χ0n) is 13.9. The predicted molar refractivity (Wildman–Crippen MR) is 98.5 cm³/mol. The van der Waals surface area contributed by atoms with E-state index in [1.165, 1.54) is 0 Å². The molecule has 1 aromatic carbocycles. The molecule has 0 bridgehead atoms. The first-order valence-electron chi connectivity index (χ1n) is 8.32. The first-order valence-corrected chi connectivity index (χ1v) is 8.70. The number of H-pyrrole nitrogens is 1. The number of likely N-dealkylation sites (tertiary alicyclic amines) is 1. The van der Waals surface area contributed by atoms with Crippen LogP contribution in [0.5, 0.6) is 0 Å². The van der Waals surface area contributed by atoms with Crippen LogP contribution in [0, 0.1) is 0 Å². The Labute approximate surface area is 155 Å². The fourth-order valence-electron chi connectivity index (χ4n) is 3.34. The van der Waals surface area contributed by atoms with Crippen molar-refractivity contribution in [1.29, 1.82) is 0 Å². The second kappa shape index (κ2) is 6.76. The predicted octanol–water partition coefficient (Wildman–Crippen LogP) is 3.08. The number of hydrogen-bond donors (Lipinski definition) is 2. The Kier molecular flexibility index (Phi) is 4.30. The van der Waals surface area contributed by atoms with Gasteiger partial charge in [-0.15, -0.1) is 0 Å². The molecule has 7 nitrogen and oxygen atoms in total. The number of hydrogen-bond acceptors (Lipinski definition) is 5. The third-order valence-electron chi connectivity index (χ3n) is 4.55. The van der Waals surface area contributed by atoms with Crippen molar-refractivity contribution in [1.82, 2.24) is 25.1 Å². The number of anilines is 1. The molecule has 0 radical (unpaired) electrons. The Morgan fingerprint density at radius 2 is 2.08 bits per heavy atom. The smallest absolute Gasteiger partial charge is 0.272 e. The molecule has 0 saturated carbocycles. The topological polar surface area (TPSA) is 101 Å². The average Bonchev–Trinajstić information content (AvgIpc) is 3.34. The molecule has 0 unspecified atom stereocenters. The van der Waals surface area contributed by atoms with E-state index in [0.717, 1.165) is 29.7 Å². The molecule has 1 fully saturated rings. The zero-order chi connectivity index (χ0) is 18.1. The van der Waals surface area contributed by atoms with Crippen molar-refractivity contribution in [3.63, 3.8) is 0 Å². The van der Waals surface area contributed by atoms with Gasteiger partial charge in [0.2, 0.25) is 5.95 Å². The molecule has 8 heteroatoms. The maximum atomic E-state index is 12.8. The van der Waals surface area contributed by atoms with E-state index in [4.69, 9.17) is 17.3 Å². The van der Waals surface area contributed by atoms with Crippen LogP contribution in [-0.4, -0.2) is 37.5 Å². The van der Waals surface area contributed by atoms with Crippen molar-refractivity contribution in [2.24, 2.45) is 0 Å². The molecular formula is C18H17ClN6O. The fourth-order valence-corrected chi connectivity index (χ4v) is 3.46. The van der Waals surface area contributed by atoms with Gasteiger partial charge in [0.25, 0.3) is 5.91 Å². The van der Waals surface area contributed by atoms with Crippen LogP contribution in [0.4, 0.5) is 5.95 Å². The number of nitrogens with two attached hydrogens (primary N) is 1. The first-order chi connectivity index (χ1) is 12.6. The molecule has 26 heavy (non-hydrogen) atoms. The van der Waals surface area contributed by atoms with E-state index in [1.54, 1.807) is 18.5 Å². The van der Waals surface area contributed by atoms with E-state index in [-0.39, 0.29) is 17.9 Å². The van der Waals surface area contributed by atoms with E-state index in [1.807, 2.05) is 29.2 Å². The minimum atomic E-state index is -0.165. The van der Waals surface area contributed by atoms with Crippen LogP contribution < -0.4 is 5.73 Å². The number of rotatable bonds is 3. The van der Waals surface area contributed by atoms with Crippen LogP contribution >= 0.6 is 11.6 Å². The number of halogens is 1. The summed E-state index contributed by atoms with van der Waals surface area (Å²) in [6, 6.07) is 8.97. The highest BCUT2D eigenvalue weighted by Gasteiger charge is 2.34. The van der Waals surface area contributed by atoms with Crippen molar-refractivity contribution in [3.8, 4) is 11.1 Å². The van der Waals surface area contributed by atoms with Crippen molar-refractivity contribution in [2.45, 2.75) is 18.9 Å². The molecule has 3 heterocycles. The lowest BCUT2D eigenvalue weighted by Gasteiger charge is -2.25. The highest BCUT2D eigenvalue weighted by Crippen LogP contribution is 2.37. The summed E-state index contributed by atoms with van der Waals surface area (Å²) < 4.78 is 0. The summed E-state index contributed by atoms with van der Waals surface area (Å²) in [5.41, 5.74) is 8.86. The summed E-state index contributed by atoms with van der Waals surface area (Å²) in [6.07, 6.45) is 4.99. The summed E-state index contributed by atoms with van der Waals surface area (Å²) in [6.45, 7) is 0.659. The van der Waals surface area contributed by atoms with E-state index in [0.29, 0.717) is 17.3 Å². The van der Waals surface area contributed by atoms with Crippen LogP contribution in [0.3, 0.4) is 0 Å². The Balaban J connectivity index is 1.75. The molecule has 4 rings (SSSR count). The SMILES string of the molecule is Nc1ncc(-c2ccc(Cl)cc2)c([C@@H]2CCCN2C(=O)c2ccn[nH]2)n1. The first kappa shape index (κ1) is 16.5. The largest absolute Gasteiger partial charge is 0.368 e. The van der Waals surface area contributed by atoms with Gasteiger partial charge in [-0.3, -0.25) is 9.89 Å². The summed E-state index contributed by atoms with van der Waals surface area (Å²) in [5, 5.41) is 7.26. The Bertz CT molecular complexity index is 925. The highest BCUT2D eigenvalue weighted by molar-refractivity contribution is 6.30. The molecule has 3 N–H and O–H groups in total. The molecule has 1 amide bonds. The Morgan fingerprint density at radius 1 is 1.27 bits per heavy atom. The summed E-state index contributed by atoms with van der Waals surface area (Å²) >= 11 is 6.00. The average molecular weight is 369 g/mol. The van der Waals surface area contributed by atoms with Crippen molar-refractivity contribution >= 4 is 23.5 Å². The minimum Gasteiger partial charge on any atom is -0.368 e. The number of nitrogens with one attached hydrogen (secondary N) is 1. The van der Waals surface area contributed by atoms with Crippen molar-refractivity contribution in [2.75, 3.05) is 12.3 Å². The van der Waals surface area contributed by atoms with Gasteiger partial charge in [-0.05, 0) is 36.6 Å². The third kappa shape index (κ3) is 3.01. The van der Waals surface area contributed by atoms with E-state index < -0.39 is 0 Å². The molecule has 1 aliphatic heterocycles. The van der Waals surface area contributed by atoms with Gasteiger partial charge in [0, 0.05) is 29.5 Å². The lowest BCUT2D eigenvalue weighted by molar-refractivity contribution is 0.0727. The van der Waals surface area contributed by atoms with Crippen LogP contribution in [0.25, 0.3) is 11.1 Å². The molecule has 1 saturated heterocycles. The van der Waals surface area contributed by atoms with Crippen molar-refractivity contribution < 1.29 is 4.79 Å². The van der Waals surface area contributed by atoms with Gasteiger partial charge in [0.15, 0.2) is 0 Å². The second-order valence-corrected chi connectivity index (χ2v) is 6.60. The highest BCUT2D eigenvalue weighted by atomic mass is 35.5. The van der Waals surface area contributed by atoms with Crippen molar-refractivity contribution in [3.05, 3.63) is 59.1 Å². The molecule has 3 aromatic rings. The van der Waals surface area contributed by atoms with Gasteiger partial charge >= 0.3 is 0 Å². The number of carbonyl (C=O) groups excluding carboxylic acids is 1. The fraction of sp³-hybridized carbons (Fsp3) is 0.222. The van der Waals surface area contributed by atoms with Gasteiger partial charge in [0.1, 0.15) is 5.69 Å². The van der Waals surface area contributed by atoms with Crippen LogP contribution in [0.15, 0.2) is 42.7 Å². The third-order valence-corrected chi connectivity index (χ3v) is 4.80. The number of nitrogen functional groups attached to an aromatic ring is 1. The lowest BCUT2D eigenvalue weighted by atomic mass is 10.00. The van der Waals surface area contributed by atoms with Crippen LogP contribution in [0.1, 0.15) is 35.1 Å².